The number of amides is 1. The predicted octanol–water partition coefficient (Wildman–Crippen LogP) is 5.87. The number of carbonyl (C=O) groups excluding carboxylic acids is 1. The van der Waals surface area contributed by atoms with Gasteiger partial charge < -0.3 is 9.73 Å². The topological polar surface area (TPSA) is 42.2 Å². The molecule has 3 nitrogen and oxygen atoms in total. The highest BCUT2D eigenvalue weighted by Gasteiger charge is 2.33. The zero-order valence-electron chi connectivity index (χ0n) is 12.6. The second kappa shape index (κ2) is 6.64. The molecule has 0 spiro atoms. The molecule has 0 saturated heterocycles. The molecule has 1 amide bonds. The number of benzene rings is 2. The van der Waals surface area contributed by atoms with Crippen LogP contribution < -0.4 is 5.32 Å². The second-order valence-corrected chi connectivity index (χ2v) is 5.58. The Labute approximate surface area is 146 Å². The van der Waals surface area contributed by atoms with E-state index in [2.05, 4.69) is 5.32 Å². The highest BCUT2D eigenvalue weighted by molar-refractivity contribution is 6.31. The van der Waals surface area contributed by atoms with Crippen molar-refractivity contribution in [2.45, 2.75) is 6.18 Å². The van der Waals surface area contributed by atoms with Crippen molar-refractivity contribution in [3.63, 3.8) is 0 Å². The summed E-state index contributed by atoms with van der Waals surface area (Å²) in [5.74, 6) is -0.370. The predicted molar refractivity (Wildman–Crippen MR) is 88.6 cm³/mol. The minimum Gasteiger partial charge on any atom is -0.451 e. The standard InChI is InChI=1S/C18H11ClF3NO2/c19-14-7-6-11(10-13(14)18(20,21)22)15-8-9-16(25-15)17(24)23-12-4-2-1-3-5-12/h1-10H,(H,23,24). The summed E-state index contributed by atoms with van der Waals surface area (Å²) in [5.41, 5.74) is -0.204. The molecule has 0 bridgehead atoms. The molecule has 1 aromatic heterocycles. The number of furan rings is 1. The van der Waals surface area contributed by atoms with Crippen LogP contribution in [0.15, 0.2) is 65.1 Å². The highest BCUT2D eigenvalue weighted by atomic mass is 35.5. The molecule has 0 atom stereocenters. The Morgan fingerprint density at radius 3 is 2.40 bits per heavy atom. The average molecular weight is 366 g/mol. The van der Waals surface area contributed by atoms with Crippen LogP contribution in [0, 0.1) is 0 Å². The summed E-state index contributed by atoms with van der Waals surface area (Å²) < 4.78 is 44.2. The molecule has 1 N–H and O–H groups in total. The second-order valence-electron chi connectivity index (χ2n) is 5.18. The lowest BCUT2D eigenvalue weighted by Crippen LogP contribution is -2.10. The average Bonchev–Trinajstić information content (AvgIpc) is 3.05. The highest BCUT2D eigenvalue weighted by Crippen LogP contribution is 2.37. The molecule has 0 fully saturated rings. The number of halogens is 4. The lowest BCUT2D eigenvalue weighted by atomic mass is 10.1. The van der Waals surface area contributed by atoms with E-state index < -0.39 is 22.7 Å². The van der Waals surface area contributed by atoms with E-state index in [4.69, 9.17) is 16.0 Å². The minimum atomic E-state index is -4.58. The van der Waals surface area contributed by atoms with Crippen LogP contribution >= 0.6 is 11.6 Å². The SMILES string of the molecule is O=C(Nc1ccccc1)c1ccc(-c2ccc(Cl)c(C(F)(F)F)c2)o1. The number of hydrogen-bond acceptors (Lipinski definition) is 2. The van der Waals surface area contributed by atoms with Crippen molar-refractivity contribution >= 4 is 23.2 Å². The van der Waals surface area contributed by atoms with Gasteiger partial charge in [0.05, 0.1) is 10.6 Å². The first kappa shape index (κ1) is 17.1. The number of rotatable bonds is 3. The van der Waals surface area contributed by atoms with E-state index in [0.29, 0.717) is 5.69 Å². The molecule has 3 rings (SSSR count). The number of anilines is 1. The maximum absolute atomic E-state index is 12.9. The van der Waals surface area contributed by atoms with Gasteiger partial charge in [0.1, 0.15) is 5.76 Å². The zero-order chi connectivity index (χ0) is 18.0. The largest absolute Gasteiger partial charge is 0.451 e. The Hall–Kier alpha value is -2.73. The lowest BCUT2D eigenvalue weighted by Gasteiger charge is -2.10. The first-order valence-electron chi connectivity index (χ1n) is 7.18. The van der Waals surface area contributed by atoms with Gasteiger partial charge in [-0.3, -0.25) is 4.79 Å². The first-order chi connectivity index (χ1) is 11.8. The third kappa shape index (κ3) is 3.85. The van der Waals surface area contributed by atoms with Crippen LogP contribution in [0.5, 0.6) is 0 Å². The van der Waals surface area contributed by atoms with E-state index in [1.165, 1.54) is 18.2 Å². The molecule has 25 heavy (non-hydrogen) atoms. The Balaban J connectivity index is 1.85. The van der Waals surface area contributed by atoms with Gasteiger partial charge in [-0.1, -0.05) is 29.8 Å². The summed E-state index contributed by atoms with van der Waals surface area (Å²) in [6, 6.07) is 15.0. The molecule has 0 radical (unpaired) electrons. The third-order valence-electron chi connectivity index (χ3n) is 3.42. The lowest BCUT2D eigenvalue weighted by molar-refractivity contribution is -0.137. The molecule has 0 aliphatic carbocycles. The molecule has 3 aromatic rings. The number of carbonyl (C=O) groups is 1. The van der Waals surface area contributed by atoms with Crippen molar-refractivity contribution < 1.29 is 22.4 Å². The van der Waals surface area contributed by atoms with Crippen LogP contribution in [0.4, 0.5) is 18.9 Å². The van der Waals surface area contributed by atoms with E-state index in [1.807, 2.05) is 0 Å². The fourth-order valence-corrected chi connectivity index (χ4v) is 2.45. The maximum atomic E-state index is 12.9. The van der Waals surface area contributed by atoms with Crippen LogP contribution in [0.25, 0.3) is 11.3 Å². The molecule has 0 saturated carbocycles. The Kier molecular flexibility index (Phi) is 4.55. The van der Waals surface area contributed by atoms with Gasteiger partial charge in [0.25, 0.3) is 5.91 Å². The van der Waals surface area contributed by atoms with Gasteiger partial charge in [0.2, 0.25) is 0 Å². The molecular weight excluding hydrogens is 355 g/mol. The monoisotopic (exact) mass is 365 g/mol. The Bertz CT molecular complexity index is 904. The summed E-state index contributed by atoms with van der Waals surface area (Å²) in [4.78, 5) is 12.1. The first-order valence-corrected chi connectivity index (χ1v) is 7.56. The molecule has 0 unspecified atom stereocenters. The van der Waals surface area contributed by atoms with E-state index >= 15 is 0 Å². The molecule has 7 heteroatoms. The summed E-state index contributed by atoms with van der Waals surface area (Å²) in [7, 11) is 0. The normalized spacial score (nSPS) is 11.4. The number of alkyl halides is 3. The molecule has 0 aliphatic heterocycles. The van der Waals surface area contributed by atoms with Crippen LogP contribution in [0.1, 0.15) is 16.1 Å². The van der Waals surface area contributed by atoms with Crippen molar-refractivity contribution in [1.82, 2.24) is 0 Å². The fraction of sp³-hybridized carbons (Fsp3) is 0.0556. The summed E-state index contributed by atoms with van der Waals surface area (Å²) in [6.45, 7) is 0. The molecular formula is C18H11ClF3NO2. The minimum absolute atomic E-state index is 0.0117. The van der Waals surface area contributed by atoms with E-state index in [1.54, 1.807) is 30.3 Å². The fourth-order valence-electron chi connectivity index (χ4n) is 2.23. The maximum Gasteiger partial charge on any atom is 0.417 e. The van der Waals surface area contributed by atoms with Crippen LogP contribution in [-0.2, 0) is 6.18 Å². The van der Waals surface area contributed by atoms with Gasteiger partial charge in [0, 0.05) is 11.3 Å². The van der Waals surface area contributed by atoms with Crippen LogP contribution in [0.2, 0.25) is 5.02 Å². The molecule has 2 aromatic carbocycles. The Morgan fingerprint density at radius 2 is 1.72 bits per heavy atom. The third-order valence-corrected chi connectivity index (χ3v) is 3.75. The smallest absolute Gasteiger partial charge is 0.417 e. The summed E-state index contributed by atoms with van der Waals surface area (Å²) >= 11 is 5.60. The zero-order valence-corrected chi connectivity index (χ0v) is 13.4. The number of hydrogen-bond donors (Lipinski definition) is 1. The van der Waals surface area contributed by atoms with Crippen LogP contribution in [-0.4, -0.2) is 5.91 Å². The summed E-state index contributed by atoms with van der Waals surface area (Å²) in [6.07, 6.45) is -4.58. The molecule has 1 heterocycles. The van der Waals surface area contributed by atoms with Gasteiger partial charge in [0.15, 0.2) is 5.76 Å². The summed E-state index contributed by atoms with van der Waals surface area (Å²) in [5, 5.41) is 2.24. The molecule has 128 valence electrons. The van der Waals surface area contributed by atoms with Crippen molar-refractivity contribution in [3.8, 4) is 11.3 Å². The van der Waals surface area contributed by atoms with Crippen molar-refractivity contribution in [3.05, 3.63) is 77.0 Å². The van der Waals surface area contributed by atoms with Crippen LogP contribution in [0.3, 0.4) is 0 Å². The number of nitrogens with one attached hydrogen (secondary N) is 1. The quantitative estimate of drug-likeness (QED) is 0.630. The molecule has 0 aliphatic rings. The van der Waals surface area contributed by atoms with E-state index in [-0.39, 0.29) is 17.1 Å². The van der Waals surface area contributed by atoms with Crippen molar-refractivity contribution in [2.24, 2.45) is 0 Å². The van der Waals surface area contributed by atoms with Gasteiger partial charge in [-0.05, 0) is 42.5 Å². The van der Waals surface area contributed by atoms with Crippen molar-refractivity contribution in [2.75, 3.05) is 5.32 Å². The van der Waals surface area contributed by atoms with Gasteiger partial charge in [-0.2, -0.15) is 13.2 Å². The van der Waals surface area contributed by atoms with Gasteiger partial charge in [-0.15, -0.1) is 0 Å². The number of para-hydroxylation sites is 1. The van der Waals surface area contributed by atoms with Crippen molar-refractivity contribution in [1.29, 1.82) is 0 Å². The van der Waals surface area contributed by atoms with E-state index in [0.717, 1.165) is 12.1 Å². The van der Waals surface area contributed by atoms with Gasteiger partial charge >= 0.3 is 6.18 Å². The van der Waals surface area contributed by atoms with E-state index in [9.17, 15) is 18.0 Å². The van der Waals surface area contributed by atoms with Gasteiger partial charge in [-0.25, -0.2) is 0 Å². The Morgan fingerprint density at radius 1 is 1.00 bits per heavy atom.